The van der Waals surface area contributed by atoms with Crippen LogP contribution in [0, 0.1) is 6.92 Å². The van der Waals surface area contributed by atoms with Gasteiger partial charge in [0.05, 0.1) is 18.6 Å². The molecule has 0 saturated carbocycles. The monoisotopic (exact) mass is 377 g/mol. The van der Waals surface area contributed by atoms with E-state index in [1.54, 1.807) is 31.2 Å². The zero-order valence-electron chi connectivity index (χ0n) is 15.3. The molecule has 0 atom stereocenters. The largest absolute Gasteiger partial charge is 0.337 e. The summed E-state index contributed by atoms with van der Waals surface area (Å²) in [4.78, 5) is 19.1. The molecule has 0 aliphatic heterocycles. The number of aryl methyl sites for hydroxylation is 1. The van der Waals surface area contributed by atoms with Gasteiger partial charge in [-0.15, -0.1) is 0 Å². The number of rotatable bonds is 9. The molecule has 0 fully saturated rings. The van der Waals surface area contributed by atoms with E-state index in [0.29, 0.717) is 28.5 Å². The minimum Gasteiger partial charge on any atom is -0.337 e. The number of aromatic nitrogens is 1. The van der Waals surface area contributed by atoms with E-state index in [-0.39, 0.29) is 11.8 Å². The summed E-state index contributed by atoms with van der Waals surface area (Å²) in [6.45, 7) is 9.48. The average Bonchev–Trinajstić information content (AvgIpc) is 3.00. The van der Waals surface area contributed by atoms with Gasteiger partial charge in [-0.25, -0.2) is 0 Å². The van der Waals surface area contributed by atoms with Crippen LogP contribution < -0.4 is 10.6 Å². The summed E-state index contributed by atoms with van der Waals surface area (Å²) in [5.74, 6) is -0.0503. The fourth-order valence-electron chi connectivity index (χ4n) is 2.37. The van der Waals surface area contributed by atoms with Crippen LogP contribution in [0.1, 0.15) is 29.9 Å². The van der Waals surface area contributed by atoms with Crippen LogP contribution in [0.4, 0.5) is 11.6 Å². The van der Waals surface area contributed by atoms with Crippen LogP contribution in [0.15, 0.2) is 33.8 Å². The minimum atomic E-state index is -0.315. The highest BCUT2D eigenvalue weighted by atomic mass is 35.5. The first kappa shape index (κ1) is 19.9. The Morgan fingerprint density at radius 1 is 1.31 bits per heavy atom. The molecule has 0 saturated heterocycles. The van der Waals surface area contributed by atoms with Gasteiger partial charge < -0.3 is 20.1 Å². The Morgan fingerprint density at radius 2 is 2.00 bits per heavy atom. The van der Waals surface area contributed by atoms with E-state index in [9.17, 15) is 4.79 Å². The van der Waals surface area contributed by atoms with Crippen LogP contribution in [0.5, 0.6) is 0 Å². The number of nitrogens with zero attached hydrogens (tertiary/aromatic N) is 3. The maximum Gasteiger partial charge on any atom is 0.263 e. The van der Waals surface area contributed by atoms with Crippen molar-refractivity contribution in [3.63, 3.8) is 0 Å². The fourth-order valence-corrected chi connectivity index (χ4v) is 2.50. The minimum absolute atomic E-state index is 0.264. The van der Waals surface area contributed by atoms with Gasteiger partial charge in [-0.2, -0.15) is 0 Å². The lowest BCUT2D eigenvalue weighted by Gasteiger charge is -2.15. The van der Waals surface area contributed by atoms with Gasteiger partial charge in [0.2, 0.25) is 5.88 Å². The number of aliphatic imine (C=N–C) groups is 1. The summed E-state index contributed by atoms with van der Waals surface area (Å²) in [5.41, 5.74) is 1.48. The van der Waals surface area contributed by atoms with Gasteiger partial charge in [0, 0.05) is 17.3 Å². The molecule has 0 aliphatic rings. The molecule has 1 aromatic heterocycles. The molecule has 0 unspecified atom stereocenters. The Balaban J connectivity index is 1.97. The van der Waals surface area contributed by atoms with Crippen LogP contribution in [-0.2, 0) is 0 Å². The van der Waals surface area contributed by atoms with Crippen molar-refractivity contribution in [2.45, 2.75) is 20.8 Å². The molecule has 0 spiro atoms. The molecule has 1 aromatic carbocycles. The third kappa shape index (κ3) is 5.57. The van der Waals surface area contributed by atoms with Crippen molar-refractivity contribution in [2.75, 3.05) is 36.8 Å². The predicted molar refractivity (Wildman–Crippen MR) is 105 cm³/mol. The van der Waals surface area contributed by atoms with E-state index >= 15 is 0 Å². The van der Waals surface area contributed by atoms with Crippen molar-refractivity contribution in [1.82, 2.24) is 10.1 Å². The van der Waals surface area contributed by atoms with Crippen molar-refractivity contribution in [3.05, 3.63) is 40.5 Å². The Bertz CT molecular complexity index is 739. The quantitative estimate of drug-likeness (QED) is 0.514. The number of anilines is 2. The van der Waals surface area contributed by atoms with Crippen molar-refractivity contribution < 1.29 is 9.32 Å². The van der Waals surface area contributed by atoms with E-state index in [4.69, 9.17) is 16.1 Å². The number of amides is 1. The highest BCUT2D eigenvalue weighted by Gasteiger charge is 2.20. The highest BCUT2D eigenvalue weighted by Crippen LogP contribution is 2.21. The number of hydrogen-bond acceptors (Lipinski definition) is 5. The van der Waals surface area contributed by atoms with Gasteiger partial charge in [0.1, 0.15) is 5.56 Å². The first-order chi connectivity index (χ1) is 12.5. The van der Waals surface area contributed by atoms with Gasteiger partial charge in [-0.3, -0.25) is 9.79 Å². The number of halogens is 1. The van der Waals surface area contributed by atoms with Gasteiger partial charge >= 0.3 is 0 Å². The normalized spacial score (nSPS) is 11.3. The molecule has 2 N–H and O–H groups in total. The number of hydrogen-bond donors (Lipinski definition) is 2. The first-order valence-corrected chi connectivity index (χ1v) is 8.93. The van der Waals surface area contributed by atoms with E-state index < -0.39 is 0 Å². The molecule has 0 aliphatic carbocycles. The number of nitrogens with one attached hydrogen (secondary N) is 2. The second-order valence-electron chi connectivity index (χ2n) is 5.64. The van der Waals surface area contributed by atoms with Crippen LogP contribution in [0.2, 0.25) is 5.02 Å². The Hall–Kier alpha value is -2.38. The molecule has 7 nitrogen and oxygen atoms in total. The van der Waals surface area contributed by atoms with Crippen LogP contribution in [-0.4, -0.2) is 48.5 Å². The maximum absolute atomic E-state index is 12.5. The second-order valence-corrected chi connectivity index (χ2v) is 6.08. The van der Waals surface area contributed by atoms with Crippen molar-refractivity contribution in [3.8, 4) is 0 Å². The molecule has 26 heavy (non-hydrogen) atoms. The van der Waals surface area contributed by atoms with E-state index in [1.807, 2.05) is 0 Å². The Kier molecular flexibility index (Phi) is 7.62. The van der Waals surface area contributed by atoms with Crippen LogP contribution in [0.25, 0.3) is 0 Å². The topological polar surface area (TPSA) is 82.8 Å². The zero-order valence-corrected chi connectivity index (χ0v) is 16.0. The van der Waals surface area contributed by atoms with E-state index in [2.05, 4.69) is 39.5 Å². The summed E-state index contributed by atoms with van der Waals surface area (Å²) in [6, 6.07) is 6.87. The summed E-state index contributed by atoms with van der Waals surface area (Å²) >= 11 is 5.85. The first-order valence-electron chi connectivity index (χ1n) is 8.55. The summed E-state index contributed by atoms with van der Waals surface area (Å²) in [7, 11) is 0. The Labute approximate surface area is 158 Å². The Morgan fingerprint density at radius 3 is 2.65 bits per heavy atom. The van der Waals surface area contributed by atoms with Crippen molar-refractivity contribution in [1.29, 1.82) is 0 Å². The van der Waals surface area contributed by atoms with Gasteiger partial charge in [0.25, 0.3) is 5.91 Å². The molecular formula is C18H24ClN5O2. The SMILES string of the molecule is CCN(CC)CCN=CNc1onc(C)c1C(=O)Nc1ccc(Cl)cc1. The molecule has 0 radical (unpaired) electrons. The molecular weight excluding hydrogens is 354 g/mol. The van der Waals surface area contributed by atoms with E-state index in [1.165, 1.54) is 6.34 Å². The zero-order chi connectivity index (χ0) is 18.9. The third-order valence-electron chi connectivity index (χ3n) is 3.92. The van der Waals surface area contributed by atoms with Gasteiger partial charge in [-0.1, -0.05) is 30.6 Å². The fraction of sp³-hybridized carbons (Fsp3) is 0.389. The van der Waals surface area contributed by atoms with Gasteiger partial charge in [0.15, 0.2) is 0 Å². The maximum atomic E-state index is 12.5. The second kappa shape index (κ2) is 9.94. The number of carbonyl (C=O) groups excluding carboxylic acids is 1. The molecule has 140 valence electrons. The molecule has 0 bridgehead atoms. The number of benzene rings is 1. The summed E-state index contributed by atoms with van der Waals surface area (Å²) in [6.07, 6.45) is 1.53. The van der Waals surface area contributed by atoms with Crippen LogP contribution in [0.3, 0.4) is 0 Å². The lowest BCUT2D eigenvalue weighted by molar-refractivity contribution is 0.102. The van der Waals surface area contributed by atoms with Crippen LogP contribution >= 0.6 is 11.6 Å². The predicted octanol–water partition coefficient (Wildman–Crippen LogP) is 3.67. The van der Waals surface area contributed by atoms with Gasteiger partial charge in [-0.05, 0) is 44.3 Å². The third-order valence-corrected chi connectivity index (χ3v) is 4.17. The van der Waals surface area contributed by atoms with Crippen molar-refractivity contribution in [2.24, 2.45) is 4.99 Å². The van der Waals surface area contributed by atoms with Crippen molar-refractivity contribution >= 4 is 35.4 Å². The lowest BCUT2D eigenvalue weighted by atomic mass is 10.2. The summed E-state index contributed by atoms with van der Waals surface area (Å²) < 4.78 is 5.20. The highest BCUT2D eigenvalue weighted by molar-refractivity contribution is 6.30. The molecule has 1 amide bonds. The summed E-state index contributed by atoms with van der Waals surface area (Å²) in [5, 5.41) is 10.2. The number of likely N-dealkylation sites (N-methyl/N-ethyl adjacent to an activating group) is 1. The molecule has 8 heteroatoms. The molecule has 2 rings (SSSR count). The lowest BCUT2D eigenvalue weighted by Crippen LogP contribution is -2.25. The average molecular weight is 378 g/mol. The smallest absolute Gasteiger partial charge is 0.263 e. The molecule has 1 heterocycles. The van der Waals surface area contributed by atoms with E-state index in [0.717, 1.165) is 19.6 Å². The molecule has 2 aromatic rings. The standard InChI is InChI=1S/C18H24ClN5O2/c1-4-24(5-2)11-10-20-12-21-18-16(13(3)23-26-18)17(25)22-15-8-6-14(19)7-9-15/h6-9,12H,4-5,10-11H2,1-3H3,(H,20,21)(H,22,25). The number of carbonyl (C=O) groups is 1.